The van der Waals surface area contributed by atoms with Crippen LogP contribution in [-0.2, 0) is 0 Å². The highest BCUT2D eigenvalue weighted by Crippen LogP contribution is 2.35. The van der Waals surface area contributed by atoms with E-state index in [1.807, 2.05) is 24.3 Å². The monoisotopic (exact) mass is 307 g/mol. The third-order valence-electron chi connectivity index (χ3n) is 3.32. The Hall–Kier alpha value is -1.91. The molecule has 0 amide bonds. The molecule has 0 aliphatic heterocycles. The highest BCUT2D eigenvalue weighted by Gasteiger charge is 2.17. The molecule has 2 aromatic carbocycles. The second kappa shape index (κ2) is 6.70. The second-order valence-electron chi connectivity index (χ2n) is 4.47. The largest absolute Gasteiger partial charge is 0.497 e. The van der Waals surface area contributed by atoms with Gasteiger partial charge in [-0.05, 0) is 29.8 Å². The molecule has 2 N–H and O–H groups in total. The minimum absolute atomic E-state index is 0.399. The quantitative estimate of drug-likeness (QED) is 0.919. The molecule has 0 fully saturated rings. The molecule has 2 aromatic rings. The van der Waals surface area contributed by atoms with Crippen molar-refractivity contribution in [2.24, 2.45) is 5.73 Å². The Morgan fingerprint density at radius 2 is 1.43 bits per heavy atom. The standard InChI is InChI=1S/C16H18ClNO3/c1-19-10-4-6-12(14(17)8-10)16(18)13-7-5-11(20-2)9-15(13)21-3/h4-9,16H,18H2,1-3H3. The molecule has 112 valence electrons. The molecule has 5 heteroatoms. The summed E-state index contributed by atoms with van der Waals surface area (Å²) in [6, 6.07) is 10.5. The fourth-order valence-corrected chi connectivity index (χ4v) is 2.42. The van der Waals surface area contributed by atoms with E-state index >= 15 is 0 Å². The van der Waals surface area contributed by atoms with Gasteiger partial charge < -0.3 is 19.9 Å². The van der Waals surface area contributed by atoms with Crippen LogP contribution in [0.3, 0.4) is 0 Å². The van der Waals surface area contributed by atoms with Gasteiger partial charge >= 0.3 is 0 Å². The SMILES string of the molecule is COc1ccc(C(N)c2ccc(OC)cc2OC)c(Cl)c1. The molecular formula is C16H18ClNO3. The minimum atomic E-state index is -0.399. The topological polar surface area (TPSA) is 53.7 Å². The summed E-state index contributed by atoms with van der Waals surface area (Å²) in [7, 11) is 4.80. The van der Waals surface area contributed by atoms with Gasteiger partial charge in [-0.1, -0.05) is 17.7 Å². The summed E-state index contributed by atoms with van der Waals surface area (Å²) in [6.45, 7) is 0. The van der Waals surface area contributed by atoms with Crippen LogP contribution in [0.2, 0.25) is 5.02 Å². The van der Waals surface area contributed by atoms with Gasteiger partial charge in [-0.2, -0.15) is 0 Å². The Kier molecular flexibility index (Phi) is 4.94. The summed E-state index contributed by atoms with van der Waals surface area (Å²) in [5.74, 6) is 2.06. The lowest BCUT2D eigenvalue weighted by molar-refractivity contribution is 0.390. The van der Waals surface area contributed by atoms with E-state index in [9.17, 15) is 0 Å². The van der Waals surface area contributed by atoms with Crippen molar-refractivity contribution in [3.8, 4) is 17.2 Å². The first-order valence-electron chi connectivity index (χ1n) is 6.41. The lowest BCUT2D eigenvalue weighted by atomic mass is 9.98. The summed E-state index contributed by atoms with van der Waals surface area (Å²) in [6.07, 6.45) is 0. The number of nitrogens with two attached hydrogens (primary N) is 1. The van der Waals surface area contributed by atoms with E-state index in [1.165, 1.54) is 0 Å². The first kappa shape index (κ1) is 15.5. The van der Waals surface area contributed by atoms with Crippen molar-refractivity contribution in [2.75, 3.05) is 21.3 Å². The summed E-state index contributed by atoms with van der Waals surface area (Å²) >= 11 is 6.28. The predicted molar refractivity (Wildman–Crippen MR) is 83.6 cm³/mol. The Labute approximate surface area is 129 Å². The normalized spacial score (nSPS) is 11.9. The summed E-state index contributed by atoms with van der Waals surface area (Å²) in [5, 5.41) is 0.555. The number of hydrogen-bond acceptors (Lipinski definition) is 4. The van der Waals surface area contributed by atoms with E-state index in [0.717, 1.165) is 11.1 Å². The van der Waals surface area contributed by atoms with Crippen molar-refractivity contribution < 1.29 is 14.2 Å². The van der Waals surface area contributed by atoms with Crippen molar-refractivity contribution in [1.82, 2.24) is 0 Å². The van der Waals surface area contributed by atoms with Crippen molar-refractivity contribution in [3.05, 3.63) is 52.5 Å². The van der Waals surface area contributed by atoms with Crippen LogP contribution in [0.15, 0.2) is 36.4 Å². The molecule has 0 radical (unpaired) electrons. The minimum Gasteiger partial charge on any atom is -0.497 e. The zero-order valence-electron chi connectivity index (χ0n) is 12.2. The van der Waals surface area contributed by atoms with Gasteiger partial charge in [0, 0.05) is 16.7 Å². The predicted octanol–water partition coefficient (Wildman–Crippen LogP) is 3.41. The maximum Gasteiger partial charge on any atom is 0.127 e. The summed E-state index contributed by atoms with van der Waals surface area (Å²) < 4.78 is 15.7. The molecule has 0 saturated carbocycles. The molecule has 0 bridgehead atoms. The van der Waals surface area contributed by atoms with E-state index < -0.39 is 6.04 Å². The van der Waals surface area contributed by atoms with Crippen molar-refractivity contribution >= 4 is 11.6 Å². The third kappa shape index (κ3) is 3.23. The fourth-order valence-electron chi connectivity index (χ4n) is 2.13. The summed E-state index contributed by atoms with van der Waals surface area (Å²) in [5.41, 5.74) is 7.98. The molecule has 0 saturated heterocycles. The molecular weight excluding hydrogens is 290 g/mol. The number of halogens is 1. The van der Waals surface area contributed by atoms with Gasteiger partial charge in [0.2, 0.25) is 0 Å². The van der Waals surface area contributed by atoms with Gasteiger partial charge in [-0.3, -0.25) is 0 Å². The Bertz CT molecular complexity index is 631. The Balaban J connectivity index is 2.42. The summed E-state index contributed by atoms with van der Waals surface area (Å²) in [4.78, 5) is 0. The number of benzene rings is 2. The van der Waals surface area contributed by atoms with Crippen molar-refractivity contribution in [3.63, 3.8) is 0 Å². The smallest absolute Gasteiger partial charge is 0.127 e. The third-order valence-corrected chi connectivity index (χ3v) is 3.65. The van der Waals surface area contributed by atoms with E-state index in [-0.39, 0.29) is 0 Å². The molecule has 0 heterocycles. The van der Waals surface area contributed by atoms with Gasteiger partial charge in [0.25, 0.3) is 0 Å². The maximum atomic E-state index is 6.33. The van der Waals surface area contributed by atoms with Crippen LogP contribution in [0.1, 0.15) is 17.2 Å². The Morgan fingerprint density at radius 3 is 1.95 bits per heavy atom. The number of ether oxygens (including phenoxy) is 3. The molecule has 0 spiro atoms. The molecule has 1 unspecified atom stereocenters. The van der Waals surface area contributed by atoms with Crippen LogP contribution in [0.25, 0.3) is 0 Å². The average Bonchev–Trinajstić information content (AvgIpc) is 2.53. The van der Waals surface area contributed by atoms with Crippen LogP contribution in [0.4, 0.5) is 0 Å². The van der Waals surface area contributed by atoms with E-state index in [4.69, 9.17) is 31.5 Å². The first-order valence-corrected chi connectivity index (χ1v) is 6.79. The van der Waals surface area contributed by atoms with Crippen molar-refractivity contribution in [1.29, 1.82) is 0 Å². The lowest BCUT2D eigenvalue weighted by Gasteiger charge is -2.18. The van der Waals surface area contributed by atoms with E-state index in [0.29, 0.717) is 22.3 Å². The maximum absolute atomic E-state index is 6.33. The van der Waals surface area contributed by atoms with Gasteiger partial charge in [-0.15, -0.1) is 0 Å². The van der Waals surface area contributed by atoms with Crippen LogP contribution < -0.4 is 19.9 Å². The number of hydrogen-bond donors (Lipinski definition) is 1. The average molecular weight is 308 g/mol. The molecule has 1 atom stereocenters. The Morgan fingerprint density at radius 1 is 0.857 bits per heavy atom. The van der Waals surface area contributed by atoms with E-state index in [2.05, 4.69) is 0 Å². The van der Waals surface area contributed by atoms with Crippen LogP contribution in [0, 0.1) is 0 Å². The van der Waals surface area contributed by atoms with Crippen LogP contribution >= 0.6 is 11.6 Å². The van der Waals surface area contributed by atoms with Gasteiger partial charge in [0.05, 0.1) is 27.4 Å². The fraction of sp³-hybridized carbons (Fsp3) is 0.250. The molecule has 2 rings (SSSR count). The van der Waals surface area contributed by atoms with Crippen LogP contribution in [0.5, 0.6) is 17.2 Å². The molecule has 4 nitrogen and oxygen atoms in total. The number of rotatable bonds is 5. The molecule has 0 aromatic heterocycles. The van der Waals surface area contributed by atoms with Crippen molar-refractivity contribution in [2.45, 2.75) is 6.04 Å². The second-order valence-corrected chi connectivity index (χ2v) is 4.88. The zero-order chi connectivity index (χ0) is 15.4. The zero-order valence-corrected chi connectivity index (χ0v) is 13.0. The van der Waals surface area contributed by atoms with E-state index in [1.54, 1.807) is 33.5 Å². The first-order chi connectivity index (χ1) is 10.1. The molecule has 0 aliphatic carbocycles. The van der Waals surface area contributed by atoms with Gasteiger partial charge in [0.15, 0.2) is 0 Å². The molecule has 21 heavy (non-hydrogen) atoms. The van der Waals surface area contributed by atoms with Gasteiger partial charge in [-0.25, -0.2) is 0 Å². The highest BCUT2D eigenvalue weighted by atomic mass is 35.5. The van der Waals surface area contributed by atoms with Gasteiger partial charge in [0.1, 0.15) is 17.2 Å². The number of methoxy groups -OCH3 is 3. The molecule has 0 aliphatic rings. The lowest BCUT2D eigenvalue weighted by Crippen LogP contribution is -2.13. The van der Waals surface area contributed by atoms with Crippen LogP contribution in [-0.4, -0.2) is 21.3 Å². The highest BCUT2D eigenvalue weighted by molar-refractivity contribution is 6.31.